The summed E-state index contributed by atoms with van der Waals surface area (Å²) in [5.74, 6) is -1.64. The number of rotatable bonds is 3. The normalized spacial score (nSPS) is 12.3. The summed E-state index contributed by atoms with van der Waals surface area (Å²) in [6, 6.07) is 9.47. The van der Waals surface area contributed by atoms with Gasteiger partial charge in [0.1, 0.15) is 0 Å². The molecule has 100 valence electrons. The minimum absolute atomic E-state index is 0.301. The van der Waals surface area contributed by atoms with Gasteiger partial charge >= 0.3 is 0 Å². The number of benzene rings is 2. The molecule has 0 radical (unpaired) electrons. The van der Waals surface area contributed by atoms with E-state index in [1.165, 1.54) is 6.07 Å². The lowest BCUT2D eigenvalue weighted by Gasteiger charge is -2.17. The summed E-state index contributed by atoms with van der Waals surface area (Å²) in [5, 5.41) is 3.15. The molecule has 2 aromatic rings. The second-order valence-corrected chi connectivity index (χ2v) is 5.90. The molecule has 0 fully saturated rings. The van der Waals surface area contributed by atoms with Crippen LogP contribution in [0.2, 0.25) is 0 Å². The molecule has 0 aliphatic carbocycles. The molecule has 0 bridgehead atoms. The highest BCUT2D eigenvalue weighted by molar-refractivity contribution is 9.11. The first-order chi connectivity index (χ1) is 8.99. The third kappa shape index (κ3) is 3.34. The summed E-state index contributed by atoms with van der Waals surface area (Å²) in [5.41, 5.74) is 1.12. The average molecular weight is 391 g/mol. The van der Waals surface area contributed by atoms with E-state index >= 15 is 0 Å². The van der Waals surface area contributed by atoms with E-state index in [0.29, 0.717) is 5.56 Å². The Balaban J connectivity index is 2.25. The topological polar surface area (TPSA) is 12.0 Å². The summed E-state index contributed by atoms with van der Waals surface area (Å²) < 4.78 is 28.7. The van der Waals surface area contributed by atoms with Crippen LogP contribution in [-0.2, 0) is 0 Å². The van der Waals surface area contributed by atoms with Crippen molar-refractivity contribution in [3.8, 4) is 0 Å². The van der Waals surface area contributed by atoms with Gasteiger partial charge in [-0.1, -0.05) is 28.1 Å². The third-order valence-electron chi connectivity index (χ3n) is 2.75. The maximum Gasteiger partial charge on any atom is 0.164 e. The summed E-state index contributed by atoms with van der Waals surface area (Å²) in [4.78, 5) is 0. The SMILES string of the molecule is CC(Nc1ccc(Br)cc1Br)c1cccc(F)c1F. The molecule has 2 aromatic carbocycles. The zero-order chi connectivity index (χ0) is 14.0. The van der Waals surface area contributed by atoms with Crippen LogP contribution in [-0.4, -0.2) is 0 Å². The Labute approximate surface area is 127 Å². The van der Waals surface area contributed by atoms with Gasteiger partial charge in [0.05, 0.1) is 6.04 Å². The van der Waals surface area contributed by atoms with Crippen molar-refractivity contribution in [1.29, 1.82) is 0 Å². The van der Waals surface area contributed by atoms with E-state index in [4.69, 9.17) is 0 Å². The first kappa shape index (κ1) is 14.5. The van der Waals surface area contributed by atoms with E-state index in [-0.39, 0.29) is 6.04 Å². The first-order valence-electron chi connectivity index (χ1n) is 5.64. The fourth-order valence-electron chi connectivity index (χ4n) is 1.77. The quantitative estimate of drug-likeness (QED) is 0.712. The second kappa shape index (κ2) is 6.01. The van der Waals surface area contributed by atoms with Gasteiger partial charge in [-0.2, -0.15) is 0 Å². The molecule has 1 nitrogen and oxygen atoms in total. The van der Waals surface area contributed by atoms with Crippen molar-refractivity contribution in [2.75, 3.05) is 5.32 Å². The lowest BCUT2D eigenvalue weighted by molar-refractivity contribution is 0.494. The van der Waals surface area contributed by atoms with Gasteiger partial charge < -0.3 is 5.32 Å². The van der Waals surface area contributed by atoms with Gasteiger partial charge in [-0.3, -0.25) is 0 Å². The van der Waals surface area contributed by atoms with Crippen molar-refractivity contribution in [1.82, 2.24) is 0 Å². The minimum Gasteiger partial charge on any atom is -0.377 e. The highest BCUT2D eigenvalue weighted by Crippen LogP contribution is 2.30. The summed E-state index contributed by atoms with van der Waals surface area (Å²) >= 11 is 6.78. The van der Waals surface area contributed by atoms with Gasteiger partial charge in [-0.05, 0) is 47.1 Å². The fourth-order valence-corrected chi connectivity index (χ4v) is 2.93. The fraction of sp³-hybridized carbons (Fsp3) is 0.143. The van der Waals surface area contributed by atoms with Crippen LogP contribution < -0.4 is 5.32 Å². The van der Waals surface area contributed by atoms with Crippen molar-refractivity contribution >= 4 is 37.5 Å². The molecule has 1 N–H and O–H groups in total. The van der Waals surface area contributed by atoms with Crippen LogP contribution in [0.1, 0.15) is 18.5 Å². The van der Waals surface area contributed by atoms with Crippen LogP contribution in [0, 0.1) is 11.6 Å². The highest BCUT2D eigenvalue weighted by Gasteiger charge is 2.14. The van der Waals surface area contributed by atoms with Gasteiger partial charge in [0.25, 0.3) is 0 Å². The minimum atomic E-state index is -0.832. The van der Waals surface area contributed by atoms with Gasteiger partial charge in [0, 0.05) is 20.2 Å². The third-order valence-corrected chi connectivity index (χ3v) is 3.90. The van der Waals surface area contributed by atoms with Crippen molar-refractivity contribution in [2.24, 2.45) is 0 Å². The van der Waals surface area contributed by atoms with E-state index < -0.39 is 11.6 Å². The molecule has 0 aromatic heterocycles. The monoisotopic (exact) mass is 389 g/mol. The van der Waals surface area contributed by atoms with Crippen molar-refractivity contribution in [2.45, 2.75) is 13.0 Å². The Hall–Kier alpha value is -0.940. The summed E-state index contributed by atoms with van der Waals surface area (Å²) in [6.45, 7) is 1.78. The summed E-state index contributed by atoms with van der Waals surface area (Å²) in [6.07, 6.45) is 0. The van der Waals surface area contributed by atoms with Crippen LogP contribution in [0.25, 0.3) is 0 Å². The molecular formula is C14H11Br2F2N. The van der Waals surface area contributed by atoms with E-state index in [0.717, 1.165) is 20.7 Å². The molecular weight excluding hydrogens is 380 g/mol. The van der Waals surface area contributed by atoms with Gasteiger partial charge in [0.2, 0.25) is 0 Å². The molecule has 0 saturated carbocycles. The molecule has 19 heavy (non-hydrogen) atoms. The maximum atomic E-state index is 13.7. The molecule has 1 atom stereocenters. The van der Waals surface area contributed by atoms with Crippen LogP contribution in [0.4, 0.5) is 14.5 Å². The zero-order valence-corrected chi connectivity index (χ0v) is 13.2. The lowest BCUT2D eigenvalue weighted by Crippen LogP contribution is -2.10. The zero-order valence-electron chi connectivity index (χ0n) is 10.1. The van der Waals surface area contributed by atoms with Crippen LogP contribution >= 0.6 is 31.9 Å². The van der Waals surface area contributed by atoms with E-state index in [1.54, 1.807) is 13.0 Å². The van der Waals surface area contributed by atoms with Gasteiger partial charge in [-0.25, -0.2) is 8.78 Å². The smallest absolute Gasteiger partial charge is 0.164 e. The van der Waals surface area contributed by atoms with Crippen molar-refractivity contribution < 1.29 is 8.78 Å². The standard InChI is InChI=1S/C14H11Br2F2N/c1-8(10-3-2-4-12(17)14(10)18)19-13-6-5-9(15)7-11(13)16/h2-8,19H,1H3. The molecule has 2 rings (SSSR count). The largest absolute Gasteiger partial charge is 0.377 e. The molecule has 1 unspecified atom stereocenters. The number of hydrogen-bond acceptors (Lipinski definition) is 1. The molecule has 0 amide bonds. The van der Waals surface area contributed by atoms with Crippen molar-refractivity contribution in [3.63, 3.8) is 0 Å². The Morgan fingerprint density at radius 3 is 2.53 bits per heavy atom. The number of anilines is 1. The molecule has 0 heterocycles. The number of nitrogens with one attached hydrogen (secondary N) is 1. The second-order valence-electron chi connectivity index (χ2n) is 4.13. The molecule has 5 heteroatoms. The van der Waals surface area contributed by atoms with E-state index in [2.05, 4.69) is 37.2 Å². The van der Waals surface area contributed by atoms with Crippen LogP contribution in [0.3, 0.4) is 0 Å². The molecule has 0 aliphatic heterocycles. The Morgan fingerprint density at radius 2 is 1.84 bits per heavy atom. The number of hydrogen-bond donors (Lipinski definition) is 1. The van der Waals surface area contributed by atoms with Crippen LogP contribution in [0.5, 0.6) is 0 Å². The van der Waals surface area contributed by atoms with Crippen LogP contribution in [0.15, 0.2) is 45.3 Å². The lowest BCUT2D eigenvalue weighted by atomic mass is 10.1. The predicted molar refractivity (Wildman–Crippen MR) is 80.2 cm³/mol. The Morgan fingerprint density at radius 1 is 1.11 bits per heavy atom. The highest BCUT2D eigenvalue weighted by atomic mass is 79.9. The Bertz CT molecular complexity index is 602. The Kier molecular flexibility index (Phi) is 4.58. The predicted octanol–water partition coefficient (Wildman–Crippen LogP) is 5.66. The van der Waals surface area contributed by atoms with E-state index in [9.17, 15) is 8.78 Å². The van der Waals surface area contributed by atoms with Gasteiger partial charge in [-0.15, -0.1) is 0 Å². The van der Waals surface area contributed by atoms with E-state index in [1.807, 2.05) is 18.2 Å². The summed E-state index contributed by atoms with van der Waals surface area (Å²) in [7, 11) is 0. The molecule has 0 saturated heterocycles. The first-order valence-corrected chi connectivity index (χ1v) is 7.23. The molecule has 0 aliphatic rings. The molecule has 0 spiro atoms. The van der Waals surface area contributed by atoms with Gasteiger partial charge in [0.15, 0.2) is 11.6 Å². The van der Waals surface area contributed by atoms with Crippen molar-refractivity contribution in [3.05, 3.63) is 62.5 Å². The maximum absolute atomic E-state index is 13.7. The average Bonchev–Trinajstić information content (AvgIpc) is 2.36. The number of halogens is 4.